The van der Waals surface area contributed by atoms with E-state index in [2.05, 4.69) is 17.4 Å². The monoisotopic (exact) mass is 285 g/mol. The molecule has 0 aromatic heterocycles. The van der Waals surface area contributed by atoms with Gasteiger partial charge >= 0.3 is 0 Å². The molecule has 1 saturated heterocycles. The maximum atomic E-state index is 11.8. The first-order chi connectivity index (χ1) is 9.74. The second-order valence-electron chi connectivity index (χ2n) is 5.19. The molecule has 1 N–H and O–H groups in total. The Labute approximate surface area is 123 Å². The molecule has 3 heteroatoms. The fraction of sp³-hybridized carbons (Fsp3) is 0.235. The smallest absolute Gasteiger partial charge is 0.220 e. The Kier molecular flexibility index (Phi) is 3.75. The van der Waals surface area contributed by atoms with Gasteiger partial charge in [-0.25, -0.2) is 0 Å². The Balaban J connectivity index is 1.84. The van der Waals surface area contributed by atoms with Gasteiger partial charge in [-0.1, -0.05) is 60.1 Å². The van der Waals surface area contributed by atoms with Crippen molar-refractivity contribution in [2.75, 3.05) is 0 Å². The number of halogens is 1. The molecule has 1 fully saturated rings. The molecular weight excluding hydrogens is 270 g/mol. The van der Waals surface area contributed by atoms with E-state index in [9.17, 15) is 4.79 Å². The lowest BCUT2D eigenvalue weighted by Gasteiger charge is -2.19. The molecule has 1 amide bonds. The highest BCUT2D eigenvalue weighted by Gasteiger charge is 2.33. The van der Waals surface area contributed by atoms with Crippen molar-refractivity contribution in [3.05, 3.63) is 70.7 Å². The van der Waals surface area contributed by atoms with E-state index in [1.54, 1.807) is 0 Å². The maximum absolute atomic E-state index is 11.8. The molecule has 0 bridgehead atoms. The van der Waals surface area contributed by atoms with E-state index in [1.165, 1.54) is 5.56 Å². The van der Waals surface area contributed by atoms with Crippen molar-refractivity contribution < 1.29 is 4.79 Å². The van der Waals surface area contributed by atoms with Crippen LogP contribution in [0.5, 0.6) is 0 Å². The molecule has 3 rings (SSSR count). The minimum atomic E-state index is 0.116. The van der Waals surface area contributed by atoms with Crippen molar-refractivity contribution in [1.29, 1.82) is 0 Å². The first-order valence-electron chi connectivity index (χ1n) is 6.82. The van der Waals surface area contributed by atoms with Gasteiger partial charge in [-0.15, -0.1) is 0 Å². The fourth-order valence-electron chi connectivity index (χ4n) is 2.85. The quantitative estimate of drug-likeness (QED) is 0.918. The van der Waals surface area contributed by atoms with Gasteiger partial charge in [0.05, 0.1) is 0 Å². The highest BCUT2D eigenvalue weighted by Crippen LogP contribution is 2.31. The molecule has 0 spiro atoms. The molecule has 102 valence electrons. The van der Waals surface area contributed by atoms with Gasteiger partial charge in [-0.05, 0) is 23.6 Å². The van der Waals surface area contributed by atoms with Crippen LogP contribution in [-0.4, -0.2) is 11.9 Å². The minimum absolute atomic E-state index is 0.116. The molecule has 2 nitrogen and oxygen atoms in total. The van der Waals surface area contributed by atoms with Gasteiger partial charge in [0, 0.05) is 23.4 Å². The van der Waals surface area contributed by atoms with E-state index in [-0.39, 0.29) is 17.9 Å². The molecule has 20 heavy (non-hydrogen) atoms. The predicted octanol–water partition coefficient (Wildman–Crippen LogP) is 3.55. The van der Waals surface area contributed by atoms with Crippen LogP contribution in [0.15, 0.2) is 54.6 Å². The Hall–Kier alpha value is -1.80. The predicted molar refractivity (Wildman–Crippen MR) is 80.9 cm³/mol. The van der Waals surface area contributed by atoms with E-state index in [0.29, 0.717) is 6.42 Å². The Morgan fingerprint density at radius 2 is 1.75 bits per heavy atom. The first kappa shape index (κ1) is 13.2. The van der Waals surface area contributed by atoms with Crippen LogP contribution in [0.1, 0.15) is 23.5 Å². The van der Waals surface area contributed by atoms with Crippen molar-refractivity contribution >= 4 is 17.5 Å². The zero-order valence-corrected chi connectivity index (χ0v) is 11.8. The number of nitrogens with one attached hydrogen (secondary N) is 1. The van der Waals surface area contributed by atoms with Gasteiger partial charge in [0.2, 0.25) is 5.91 Å². The highest BCUT2D eigenvalue weighted by atomic mass is 35.5. The molecule has 1 heterocycles. The van der Waals surface area contributed by atoms with E-state index < -0.39 is 0 Å². The average molecular weight is 286 g/mol. The summed E-state index contributed by atoms with van der Waals surface area (Å²) in [6.45, 7) is 0. The van der Waals surface area contributed by atoms with Crippen LogP contribution in [0.25, 0.3) is 0 Å². The Morgan fingerprint density at radius 1 is 1.05 bits per heavy atom. The summed E-state index contributed by atoms with van der Waals surface area (Å²) in [6, 6.07) is 18.1. The normalized spacial score (nSPS) is 21.8. The topological polar surface area (TPSA) is 29.1 Å². The van der Waals surface area contributed by atoms with E-state index in [0.717, 1.165) is 17.0 Å². The van der Waals surface area contributed by atoms with Crippen LogP contribution in [0.4, 0.5) is 0 Å². The van der Waals surface area contributed by atoms with Crippen LogP contribution < -0.4 is 5.32 Å². The van der Waals surface area contributed by atoms with Gasteiger partial charge < -0.3 is 5.32 Å². The molecular formula is C17H16ClNO. The van der Waals surface area contributed by atoms with Gasteiger partial charge in [0.1, 0.15) is 0 Å². The van der Waals surface area contributed by atoms with Crippen LogP contribution in [-0.2, 0) is 11.2 Å². The second kappa shape index (κ2) is 5.68. The number of carbonyl (C=O) groups excluding carboxylic acids is 1. The summed E-state index contributed by atoms with van der Waals surface area (Å²) in [6.07, 6.45) is 1.32. The Morgan fingerprint density at radius 3 is 2.50 bits per heavy atom. The maximum Gasteiger partial charge on any atom is 0.220 e. The third-order valence-electron chi connectivity index (χ3n) is 3.86. The zero-order chi connectivity index (χ0) is 13.9. The first-order valence-corrected chi connectivity index (χ1v) is 7.19. The van der Waals surface area contributed by atoms with E-state index >= 15 is 0 Å². The number of hydrogen-bond donors (Lipinski definition) is 1. The molecule has 2 aromatic rings. The SMILES string of the molecule is O=C1CC(c2ccccc2)C(Cc2ccccc2Cl)N1. The van der Waals surface area contributed by atoms with Crippen molar-refractivity contribution in [3.63, 3.8) is 0 Å². The van der Waals surface area contributed by atoms with Crippen molar-refractivity contribution in [1.82, 2.24) is 5.32 Å². The molecule has 2 atom stereocenters. The standard InChI is InChI=1S/C17H16ClNO/c18-15-9-5-4-8-13(15)10-16-14(11-17(20)19-16)12-6-2-1-3-7-12/h1-9,14,16H,10-11H2,(H,19,20). The third kappa shape index (κ3) is 2.70. The van der Waals surface area contributed by atoms with Crippen molar-refractivity contribution in [3.8, 4) is 0 Å². The average Bonchev–Trinajstić information content (AvgIpc) is 2.83. The van der Waals surface area contributed by atoms with Crippen LogP contribution in [0, 0.1) is 0 Å². The highest BCUT2D eigenvalue weighted by molar-refractivity contribution is 6.31. The second-order valence-corrected chi connectivity index (χ2v) is 5.60. The molecule has 0 saturated carbocycles. The molecule has 1 aliphatic rings. The summed E-state index contributed by atoms with van der Waals surface area (Å²) in [4.78, 5) is 11.8. The summed E-state index contributed by atoms with van der Waals surface area (Å²) >= 11 is 6.22. The molecule has 0 aliphatic carbocycles. The summed E-state index contributed by atoms with van der Waals surface area (Å²) in [5.41, 5.74) is 2.30. The molecule has 1 aliphatic heterocycles. The molecule has 2 aromatic carbocycles. The molecule has 2 unspecified atom stereocenters. The van der Waals surface area contributed by atoms with Crippen LogP contribution >= 0.6 is 11.6 Å². The number of benzene rings is 2. The summed E-state index contributed by atoms with van der Waals surface area (Å²) in [5.74, 6) is 0.343. The van der Waals surface area contributed by atoms with E-state index in [4.69, 9.17) is 11.6 Å². The zero-order valence-electron chi connectivity index (χ0n) is 11.1. The largest absolute Gasteiger partial charge is 0.352 e. The number of amides is 1. The van der Waals surface area contributed by atoms with Crippen molar-refractivity contribution in [2.24, 2.45) is 0 Å². The number of hydrogen-bond acceptors (Lipinski definition) is 1. The summed E-state index contributed by atoms with van der Waals surface area (Å²) < 4.78 is 0. The van der Waals surface area contributed by atoms with Crippen LogP contribution in [0.3, 0.4) is 0 Å². The van der Waals surface area contributed by atoms with Gasteiger partial charge in [-0.3, -0.25) is 4.79 Å². The summed E-state index contributed by atoms with van der Waals surface area (Å²) in [7, 11) is 0. The van der Waals surface area contributed by atoms with E-state index in [1.807, 2.05) is 42.5 Å². The van der Waals surface area contributed by atoms with Crippen molar-refractivity contribution in [2.45, 2.75) is 24.8 Å². The van der Waals surface area contributed by atoms with Gasteiger partial charge in [0.15, 0.2) is 0 Å². The number of rotatable bonds is 3. The summed E-state index contributed by atoms with van der Waals surface area (Å²) in [5, 5.41) is 3.84. The minimum Gasteiger partial charge on any atom is -0.352 e. The Bertz CT molecular complexity index is 611. The lowest BCUT2D eigenvalue weighted by Crippen LogP contribution is -2.30. The van der Waals surface area contributed by atoms with Gasteiger partial charge in [-0.2, -0.15) is 0 Å². The molecule has 0 radical (unpaired) electrons. The lowest BCUT2D eigenvalue weighted by atomic mass is 9.88. The number of carbonyl (C=O) groups is 1. The lowest BCUT2D eigenvalue weighted by molar-refractivity contribution is -0.119. The third-order valence-corrected chi connectivity index (χ3v) is 4.23. The van der Waals surface area contributed by atoms with Crippen LogP contribution in [0.2, 0.25) is 5.02 Å². The fourth-order valence-corrected chi connectivity index (χ4v) is 3.07. The van der Waals surface area contributed by atoms with Gasteiger partial charge in [0.25, 0.3) is 0 Å².